The fourth-order valence-corrected chi connectivity index (χ4v) is 4.78. The molecular weight excluding hydrogens is 328 g/mol. The predicted octanol–water partition coefficient (Wildman–Crippen LogP) is 5.79. The summed E-state index contributed by atoms with van der Waals surface area (Å²) in [7, 11) is 0. The molecule has 2 heteroatoms. The molecule has 0 N–H and O–H groups in total. The molecule has 0 spiro atoms. The zero-order chi connectivity index (χ0) is 19.7. The Labute approximate surface area is 166 Å². The van der Waals surface area contributed by atoms with Crippen molar-refractivity contribution in [2.45, 2.75) is 66.7 Å². The van der Waals surface area contributed by atoms with Gasteiger partial charge >= 0.3 is 0 Å². The average molecular weight is 365 g/mol. The number of hydrogen-bond donors (Lipinski definition) is 0. The van der Waals surface area contributed by atoms with Gasteiger partial charge in [-0.1, -0.05) is 102 Å². The van der Waals surface area contributed by atoms with Gasteiger partial charge in [-0.3, -0.25) is 9.80 Å². The molecule has 1 aliphatic heterocycles. The van der Waals surface area contributed by atoms with Gasteiger partial charge < -0.3 is 0 Å². The van der Waals surface area contributed by atoms with Crippen LogP contribution in [0.5, 0.6) is 0 Å². The van der Waals surface area contributed by atoms with E-state index >= 15 is 0 Å². The van der Waals surface area contributed by atoms with Crippen LogP contribution < -0.4 is 0 Å². The van der Waals surface area contributed by atoms with Crippen molar-refractivity contribution >= 4 is 0 Å². The summed E-state index contributed by atoms with van der Waals surface area (Å²) in [5, 5.41) is 0. The number of nitrogens with zero attached hydrogens (tertiary/aromatic N) is 2. The van der Waals surface area contributed by atoms with Gasteiger partial charge in [0.25, 0.3) is 0 Å². The van der Waals surface area contributed by atoms with Crippen molar-refractivity contribution in [3.8, 4) is 0 Å². The molecule has 0 saturated carbocycles. The second-order valence-corrected chi connectivity index (χ2v) is 10.2. The summed E-state index contributed by atoms with van der Waals surface area (Å²) in [5.74, 6) is 0. The van der Waals surface area contributed by atoms with E-state index in [1.807, 2.05) is 0 Å². The van der Waals surface area contributed by atoms with Crippen molar-refractivity contribution in [2.24, 2.45) is 10.8 Å². The Kier molecular flexibility index (Phi) is 5.79. The molecule has 2 aromatic carbocycles. The zero-order valence-corrected chi connectivity index (χ0v) is 17.9. The molecule has 2 nitrogen and oxygen atoms in total. The van der Waals surface area contributed by atoms with Gasteiger partial charge in [0, 0.05) is 25.2 Å². The minimum Gasteiger partial charge on any atom is -0.281 e. The Morgan fingerprint density at radius 3 is 1.26 bits per heavy atom. The Morgan fingerprint density at radius 1 is 0.630 bits per heavy atom. The molecule has 0 aliphatic carbocycles. The van der Waals surface area contributed by atoms with Crippen LogP contribution in [0.25, 0.3) is 0 Å². The fraction of sp³-hybridized carbons (Fsp3) is 0.520. The fourth-order valence-electron chi connectivity index (χ4n) is 4.78. The van der Waals surface area contributed by atoms with Crippen LogP contribution in [0.15, 0.2) is 60.7 Å². The smallest absolute Gasteiger partial charge is 0.0520 e. The molecular formula is C25H36N2. The first-order valence-electron chi connectivity index (χ1n) is 10.2. The van der Waals surface area contributed by atoms with Crippen LogP contribution in [-0.4, -0.2) is 28.6 Å². The largest absolute Gasteiger partial charge is 0.281 e. The summed E-state index contributed by atoms with van der Waals surface area (Å²) in [6.45, 7) is 17.5. The van der Waals surface area contributed by atoms with E-state index in [1.54, 1.807) is 0 Å². The Hall–Kier alpha value is -1.64. The van der Waals surface area contributed by atoms with Crippen LogP contribution in [0, 0.1) is 10.8 Å². The molecule has 1 heterocycles. The summed E-state index contributed by atoms with van der Waals surface area (Å²) in [4.78, 5) is 5.41. The van der Waals surface area contributed by atoms with Crippen molar-refractivity contribution in [1.29, 1.82) is 0 Å². The lowest BCUT2D eigenvalue weighted by molar-refractivity contribution is 0.0715. The summed E-state index contributed by atoms with van der Waals surface area (Å²) in [6, 6.07) is 22.9. The lowest BCUT2D eigenvalue weighted by atomic mass is 9.72. The first-order valence-corrected chi connectivity index (χ1v) is 10.2. The molecule has 2 aromatic rings. The van der Waals surface area contributed by atoms with Crippen LogP contribution in [0.2, 0.25) is 0 Å². The second-order valence-electron chi connectivity index (χ2n) is 10.2. The highest BCUT2D eigenvalue weighted by Gasteiger charge is 2.50. The van der Waals surface area contributed by atoms with Crippen molar-refractivity contribution in [3.05, 3.63) is 71.8 Å². The van der Waals surface area contributed by atoms with Gasteiger partial charge in [-0.15, -0.1) is 0 Å². The highest BCUT2D eigenvalue weighted by molar-refractivity contribution is 5.18. The van der Waals surface area contributed by atoms with E-state index < -0.39 is 0 Å². The van der Waals surface area contributed by atoms with E-state index in [0.717, 1.165) is 19.8 Å². The van der Waals surface area contributed by atoms with E-state index in [0.29, 0.717) is 12.1 Å². The third-order valence-electron chi connectivity index (χ3n) is 5.68. The van der Waals surface area contributed by atoms with Crippen molar-refractivity contribution < 1.29 is 0 Å². The minimum atomic E-state index is 0.220. The van der Waals surface area contributed by atoms with Crippen molar-refractivity contribution in [2.75, 3.05) is 6.67 Å². The van der Waals surface area contributed by atoms with E-state index in [4.69, 9.17) is 0 Å². The first-order chi connectivity index (χ1) is 12.7. The maximum absolute atomic E-state index is 2.70. The van der Waals surface area contributed by atoms with Gasteiger partial charge in [0.05, 0.1) is 6.67 Å². The monoisotopic (exact) mass is 364 g/mol. The summed E-state index contributed by atoms with van der Waals surface area (Å²) < 4.78 is 0. The third-order valence-corrected chi connectivity index (χ3v) is 5.68. The lowest BCUT2D eigenvalue weighted by Crippen LogP contribution is -2.51. The van der Waals surface area contributed by atoms with Crippen LogP contribution in [0.4, 0.5) is 0 Å². The van der Waals surface area contributed by atoms with Crippen LogP contribution >= 0.6 is 0 Å². The van der Waals surface area contributed by atoms with Gasteiger partial charge in [-0.25, -0.2) is 0 Å². The second kappa shape index (κ2) is 7.77. The molecule has 146 valence electrons. The van der Waals surface area contributed by atoms with E-state index in [9.17, 15) is 0 Å². The highest BCUT2D eigenvalue weighted by Crippen LogP contribution is 2.43. The Balaban J connectivity index is 1.93. The molecule has 0 radical (unpaired) electrons. The third kappa shape index (κ3) is 4.80. The first kappa shape index (κ1) is 20.1. The molecule has 2 atom stereocenters. The normalized spacial score (nSPS) is 22.3. The molecule has 27 heavy (non-hydrogen) atoms. The average Bonchev–Trinajstić information content (AvgIpc) is 2.95. The van der Waals surface area contributed by atoms with Crippen molar-refractivity contribution in [3.63, 3.8) is 0 Å². The Morgan fingerprint density at radius 2 is 0.963 bits per heavy atom. The molecule has 3 rings (SSSR count). The van der Waals surface area contributed by atoms with Gasteiger partial charge in [-0.05, 0) is 22.0 Å². The zero-order valence-electron chi connectivity index (χ0n) is 17.9. The molecule has 1 fully saturated rings. The lowest BCUT2D eigenvalue weighted by Gasteiger charge is -2.44. The summed E-state index contributed by atoms with van der Waals surface area (Å²) >= 11 is 0. The van der Waals surface area contributed by atoms with Gasteiger partial charge in [0.1, 0.15) is 0 Å². The molecule has 1 saturated heterocycles. The molecule has 0 aromatic heterocycles. The van der Waals surface area contributed by atoms with Gasteiger partial charge in [0.15, 0.2) is 0 Å². The van der Waals surface area contributed by atoms with Crippen LogP contribution in [-0.2, 0) is 13.1 Å². The molecule has 0 amide bonds. The highest BCUT2D eigenvalue weighted by atomic mass is 15.4. The molecule has 1 aliphatic rings. The van der Waals surface area contributed by atoms with Crippen LogP contribution in [0.1, 0.15) is 52.7 Å². The quantitative estimate of drug-likeness (QED) is 0.677. The SMILES string of the molecule is CC(C)(C)[C@@H]1[C@@H](C(C)(C)C)N(Cc2ccccc2)CN1Cc1ccccc1. The van der Waals surface area contributed by atoms with E-state index in [2.05, 4.69) is 112 Å². The van der Waals surface area contributed by atoms with Crippen molar-refractivity contribution in [1.82, 2.24) is 9.80 Å². The summed E-state index contributed by atoms with van der Waals surface area (Å²) in [5.41, 5.74) is 3.25. The number of benzene rings is 2. The maximum atomic E-state index is 2.70. The predicted molar refractivity (Wildman–Crippen MR) is 115 cm³/mol. The summed E-state index contributed by atoms with van der Waals surface area (Å²) in [6.07, 6.45) is 0. The minimum absolute atomic E-state index is 0.220. The number of rotatable bonds is 4. The van der Waals surface area contributed by atoms with Gasteiger partial charge in [-0.2, -0.15) is 0 Å². The van der Waals surface area contributed by atoms with Crippen LogP contribution in [0.3, 0.4) is 0 Å². The standard InChI is InChI=1S/C25H36N2/c1-24(2,3)22-23(25(4,5)6)27(18-21-15-11-8-12-16-21)19-26(22)17-20-13-9-7-10-14-20/h7-16,22-23H,17-19H2,1-6H3/t22-,23-/m0/s1. The maximum Gasteiger partial charge on any atom is 0.0520 e. The topological polar surface area (TPSA) is 6.48 Å². The molecule has 0 bridgehead atoms. The van der Waals surface area contributed by atoms with Gasteiger partial charge in [0.2, 0.25) is 0 Å². The Bertz CT molecular complexity index is 646. The molecule has 0 unspecified atom stereocenters. The number of hydrogen-bond acceptors (Lipinski definition) is 2. The van der Waals surface area contributed by atoms with E-state index in [1.165, 1.54) is 11.1 Å². The van der Waals surface area contributed by atoms with E-state index in [-0.39, 0.29) is 10.8 Å².